The van der Waals surface area contributed by atoms with Crippen LogP contribution in [0.3, 0.4) is 0 Å². The Morgan fingerprint density at radius 1 is 1.30 bits per heavy atom. The number of hydrogen-bond donors (Lipinski definition) is 1. The van der Waals surface area contributed by atoms with Crippen LogP contribution in [0.1, 0.15) is 26.7 Å². The first-order valence-electron chi connectivity index (χ1n) is 8.05. The van der Waals surface area contributed by atoms with E-state index in [1.165, 1.54) is 0 Å². The molecule has 0 saturated carbocycles. The fourth-order valence-corrected chi connectivity index (χ4v) is 3.24. The van der Waals surface area contributed by atoms with Crippen molar-refractivity contribution in [2.24, 2.45) is 5.92 Å². The van der Waals surface area contributed by atoms with Crippen LogP contribution in [0.2, 0.25) is 0 Å². The Hall–Kier alpha value is -2.44. The standard InChI is InChI=1S/C16H22N6O/c1-3-7-13-10-21(11-15(13)17-12(2)23)16-18-19-20-22(16)14-8-5-4-6-9-14/h4-6,8-9,13,15H,3,7,10-11H2,1-2H3,(H,17,23)/t13-,15-/m1/s1. The van der Waals surface area contributed by atoms with Gasteiger partial charge in [0.15, 0.2) is 0 Å². The monoisotopic (exact) mass is 314 g/mol. The summed E-state index contributed by atoms with van der Waals surface area (Å²) in [4.78, 5) is 13.6. The molecule has 1 aliphatic heterocycles. The predicted octanol–water partition coefficient (Wildman–Crippen LogP) is 1.40. The van der Waals surface area contributed by atoms with Crippen LogP contribution in [0.15, 0.2) is 30.3 Å². The van der Waals surface area contributed by atoms with Gasteiger partial charge in [0.1, 0.15) is 0 Å². The van der Waals surface area contributed by atoms with Crippen molar-refractivity contribution in [3.05, 3.63) is 30.3 Å². The number of para-hydroxylation sites is 1. The Bertz CT molecular complexity index is 656. The van der Waals surface area contributed by atoms with Crippen LogP contribution in [-0.2, 0) is 4.79 Å². The van der Waals surface area contributed by atoms with Crippen LogP contribution < -0.4 is 10.2 Å². The lowest BCUT2D eigenvalue weighted by Crippen LogP contribution is -2.39. The van der Waals surface area contributed by atoms with E-state index in [4.69, 9.17) is 0 Å². The van der Waals surface area contributed by atoms with Gasteiger partial charge >= 0.3 is 0 Å². The van der Waals surface area contributed by atoms with Gasteiger partial charge in [-0.3, -0.25) is 4.79 Å². The van der Waals surface area contributed by atoms with Crippen molar-refractivity contribution in [1.29, 1.82) is 0 Å². The highest BCUT2D eigenvalue weighted by atomic mass is 16.1. The third-order valence-electron chi connectivity index (χ3n) is 4.23. The second kappa shape index (κ2) is 6.76. The van der Waals surface area contributed by atoms with Gasteiger partial charge in [-0.15, -0.1) is 0 Å². The van der Waals surface area contributed by atoms with E-state index in [2.05, 4.69) is 32.7 Å². The molecule has 1 aliphatic rings. The number of aromatic nitrogens is 4. The zero-order valence-electron chi connectivity index (χ0n) is 13.5. The molecule has 0 radical (unpaired) electrons. The van der Waals surface area contributed by atoms with Crippen LogP contribution in [0.4, 0.5) is 5.95 Å². The zero-order valence-corrected chi connectivity index (χ0v) is 13.5. The second-order valence-corrected chi connectivity index (χ2v) is 5.99. The number of nitrogens with one attached hydrogen (secondary N) is 1. The van der Waals surface area contributed by atoms with Crippen molar-refractivity contribution >= 4 is 11.9 Å². The van der Waals surface area contributed by atoms with Gasteiger partial charge in [0.25, 0.3) is 0 Å². The summed E-state index contributed by atoms with van der Waals surface area (Å²) >= 11 is 0. The Morgan fingerprint density at radius 2 is 2.09 bits per heavy atom. The van der Waals surface area contributed by atoms with Gasteiger partial charge in [-0.25, -0.2) is 0 Å². The maximum Gasteiger partial charge on any atom is 0.250 e. The zero-order chi connectivity index (χ0) is 16.2. The van der Waals surface area contributed by atoms with Crippen molar-refractivity contribution in [3.63, 3.8) is 0 Å². The lowest BCUT2D eigenvalue weighted by atomic mass is 9.98. The molecule has 2 atom stereocenters. The molecule has 0 spiro atoms. The van der Waals surface area contributed by atoms with Gasteiger partial charge < -0.3 is 10.2 Å². The number of hydrogen-bond acceptors (Lipinski definition) is 5. The first kappa shape index (κ1) is 15.5. The van der Waals surface area contributed by atoms with Crippen LogP contribution in [0.25, 0.3) is 5.69 Å². The number of tetrazole rings is 1. The summed E-state index contributed by atoms with van der Waals surface area (Å²) in [6, 6.07) is 9.99. The highest BCUT2D eigenvalue weighted by Gasteiger charge is 2.35. The number of nitrogens with zero attached hydrogens (tertiary/aromatic N) is 5. The summed E-state index contributed by atoms with van der Waals surface area (Å²) < 4.78 is 1.75. The summed E-state index contributed by atoms with van der Waals surface area (Å²) in [5.74, 6) is 1.16. The fraction of sp³-hybridized carbons (Fsp3) is 0.500. The molecule has 1 saturated heterocycles. The predicted molar refractivity (Wildman–Crippen MR) is 87.4 cm³/mol. The van der Waals surface area contributed by atoms with Crippen molar-refractivity contribution in [3.8, 4) is 5.69 Å². The summed E-state index contributed by atoms with van der Waals surface area (Å²) in [5.41, 5.74) is 0.933. The largest absolute Gasteiger partial charge is 0.351 e. The third kappa shape index (κ3) is 3.33. The Balaban J connectivity index is 1.83. The average molecular weight is 314 g/mol. The Morgan fingerprint density at radius 3 is 2.78 bits per heavy atom. The molecule has 2 heterocycles. The van der Waals surface area contributed by atoms with Crippen LogP contribution >= 0.6 is 0 Å². The molecule has 23 heavy (non-hydrogen) atoms. The van der Waals surface area contributed by atoms with Gasteiger partial charge in [0.05, 0.1) is 11.7 Å². The summed E-state index contributed by atoms with van der Waals surface area (Å²) in [5, 5.41) is 15.2. The molecule has 0 aliphatic carbocycles. The van der Waals surface area contributed by atoms with E-state index in [0.717, 1.165) is 37.6 Å². The smallest absolute Gasteiger partial charge is 0.250 e. The third-order valence-corrected chi connectivity index (χ3v) is 4.23. The molecule has 7 nitrogen and oxygen atoms in total. The first-order valence-corrected chi connectivity index (χ1v) is 8.05. The van der Waals surface area contributed by atoms with Crippen LogP contribution in [0.5, 0.6) is 0 Å². The van der Waals surface area contributed by atoms with Crippen LogP contribution in [0, 0.1) is 5.92 Å². The number of carbonyl (C=O) groups is 1. The van der Waals surface area contributed by atoms with E-state index in [-0.39, 0.29) is 11.9 Å². The average Bonchev–Trinajstić information content (AvgIpc) is 3.15. The molecule has 0 unspecified atom stereocenters. The van der Waals surface area contributed by atoms with Crippen molar-refractivity contribution in [2.75, 3.05) is 18.0 Å². The highest BCUT2D eigenvalue weighted by molar-refractivity contribution is 5.73. The molecule has 1 N–H and O–H groups in total. The Kier molecular flexibility index (Phi) is 4.55. The van der Waals surface area contributed by atoms with E-state index in [0.29, 0.717) is 5.92 Å². The van der Waals surface area contributed by atoms with E-state index >= 15 is 0 Å². The number of benzene rings is 1. The topological polar surface area (TPSA) is 75.9 Å². The molecule has 1 aromatic carbocycles. The molecule has 122 valence electrons. The molecule has 2 aromatic rings. The maximum absolute atomic E-state index is 11.5. The molecule has 3 rings (SSSR count). The summed E-state index contributed by atoms with van der Waals surface area (Å²) in [6.07, 6.45) is 2.17. The number of amides is 1. The highest BCUT2D eigenvalue weighted by Crippen LogP contribution is 2.26. The van der Waals surface area contributed by atoms with E-state index in [9.17, 15) is 4.79 Å². The molecule has 0 bridgehead atoms. The minimum absolute atomic E-state index is 0.0144. The molecule has 7 heteroatoms. The fourth-order valence-electron chi connectivity index (χ4n) is 3.24. The lowest BCUT2D eigenvalue weighted by Gasteiger charge is -2.17. The van der Waals surface area contributed by atoms with E-state index in [1.807, 2.05) is 30.3 Å². The molecule has 1 fully saturated rings. The Labute approximate surface area is 135 Å². The van der Waals surface area contributed by atoms with E-state index in [1.54, 1.807) is 11.6 Å². The quantitative estimate of drug-likeness (QED) is 0.903. The molecular formula is C16H22N6O. The molecule has 1 amide bonds. The van der Waals surface area contributed by atoms with Gasteiger partial charge in [-0.1, -0.05) is 36.6 Å². The summed E-state index contributed by atoms with van der Waals surface area (Å²) in [7, 11) is 0. The van der Waals surface area contributed by atoms with Crippen molar-refractivity contribution in [1.82, 2.24) is 25.5 Å². The number of rotatable bonds is 5. The van der Waals surface area contributed by atoms with Gasteiger partial charge in [-0.2, -0.15) is 4.68 Å². The minimum Gasteiger partial charge on any atom is -0.351 e. The lowest BCUT2D eigenvalue weighted by molar-refractivity contribution is -0.119. The first-order chi connectivity index (χ1) is 11.2. The van der Waals surface area contributed by atoms with Gasteiger partial charge in [0.2, 0.25) is 11.9 Å². The molecule has 1 aromatic heterocycles. The van der Waals surface area contributed by atoms with Crippen LogP contribution in [-0.4, -0.2) is 45.2 Å². The second-order valence-electron chi connectivity index (χ2n) is 5.99. The maximum atomic E-state index is 11.5. The SMILES string of the molecule is CCC[C@@H]1CN(c2nnnn2-c2ccccc2)C[C@H]1NC(C)=O. The minimum atomic E-state index is 0.0144. The van der Waals surface area contributed by atoms with E-state index < -0.39 is 0 Å². The number of anilines is 1. The normalized spacial score (nSPS) is 20.7. The molecular weight excluding hydrogens is 292 g/mol. The van der Waals surface area contributed by atoms with Gasteiger partial charge in [-0.05, 0) is 34.9 Å². The number of carbonyl (C=O) groups excluding carboxylic acids is 1. The summed E-state index contributed by atoms with van der Waals surface area (Å²) in [6.45, 7) is 5.32. The van der Waals surface area contributed by atoms with Crippen molar-refractivity contribution < 1.29 is 4.79 Å². The van der Waals surface area contributed by atoms with Gasteiger partial charge in [0, 0.05) is 20.0 Å². The van der Waals surface area contributed by atoms with Crippen molar-refractivity contribution in [2.45, 2.75) is 32.7 Å².